The number of hydrogen-bond donors (Lipinski definition) is 0. The van der Waals surface area contributed by atoms with Crippen molar-refractivity contribution in [3.8, 4) is 34.4 Å². The minimum atomic E-state index is 0.687. The summed E-state index contributed by atoms with van der Waals surface area (Å²) in [5.41, 5.74) is 9.90. The molecule has 1 aliphatic carbocycles. The highest BCUT2D eigenvalue weighted by Gasteiger charge is 2.28. The molecule has 0 radical (unpaired) electrons. The Morgan fingerprint density at radius 1 is 0.620 bits per heavy atom. The number of thiophene rings is 1. The lowest BCUT2D eigenvalue weighted by Crippen LogP contribution is -2.10. The zero-order valence-electron chi connectivity index (χ0n) is 26.7. The van der Waals surface area contributed by atoms with Gasteiger partial charge in [0.25, 0.3) is 0 Å². The lowest BCUT2D eigenvalue weighted by Gasteiger charge is -2.21. The number of rotatable bonds is 2. The van der Waals surface area contributed by atoms with Crippen LogP contribution in [0.5, 0.6) is 11.5 Å². The minimum Gasteiger partial charge on any atom is -0.456 e. The first-order valence-electron chi connectivity index (χ1n) is 17.1. The summed E-state index contributed by atoms with van der Waals surface area (Å²) in [6.45, 7) is 0. The summed E-state index contributed by atoms with van der Waals surface area (Å²) in [5, 5.41) is 7.22. The number of nitrogens with zero attached hydrogens (tertiary/aromatic N) is 4. The molecule has 0 N–H and O–H groups in total. The van der Waals surface area contributed by atoms with E-state index in [0.717, 1.165) is 57.7 Å². The molecular formula is C44H26N4OS. The van der Waals surface area contributed by atoms with Gasteiger partial charge in [-0.1, -0.05) is 84.9 Å². The molecule has 2 aliphatic rings. The van der Waals surface area contributed by atoms with Crippen LogP contribution in [0.2, 0.25) is 0 Å². The molecular weight excluding hydrogens is 633 g/mol. The van der Waals surface area contributed by atoms with Gasteiger partial charge in [-0.2, -0.15) is 0 Å². The van der Waals surface area contributed by atoms with Crippen molar-refractivity contribution >= 4 is 81.2 Å². The van der Waals surface area contributed by atoms with Gasteiger partial charge in [-0.25, -0.2) is 9.97 Å². The van der Waals surface area contributed by atoms with E-state index in [4.69, 9.17) is 14.7 Å². The Morgan fingerprint density at radius 2 is 1.40 bits per heavy atom. The molecule has 12 rings (SSSR count). The second-order valence-electron chi connectivity index (χ2n) is 13.2. The van der Waals surface area contributed by atoms with E-state index in [1.54, 1.807) is 0 Å². The average Bonchev–Trinajstić information content (AvgIpc) is 3.82. The van der Waals surface area contributed by atoms with Crippen molar-refractivity contribution in [1.29, 1.82) is 0 Å². The summed E-state index contributed by atoms with van der Waals surface area (Å²) in [4.78, 5) is 10.8. The van der Waals surface area contributed by atoms with E-state index in [-0.39, 0.29) is 0 Å². The molecule has 4 aromatic heterocycles. The van der Waals surface area contributed by atoms with Crippen LogP contribution in [0.15, 0.2) is 127 Å². The highest BCUT2D eigenvalue weighted by molar-refractivity contribution is 7.25. The molecule has 6 heteroatoms. The fourth-order valence-corrected chi connectivity index (χ4v) is 9.62. The Morgan fingerprint density at radius 3 is 2.38 bits per heavy atom. The smallest absolute Gasteiger partial charge is 0.235 e. The Hall–Kier alpha value is -6.24. The summed E-state index contributed by atoms with van der Waals surface area (Å²) in [7, 11) is 0. The number of ether oxygens (including phenoxy) is 1. The highest BCUT2D eigenvalue weighted by atomic mass is 32.1. The van der Waals surface area contributed by atoms with E-state index < -0.39 is 0 Å². The van der Waals surface area contributed by atoms with Gasteiger partial charge in [-0.3, -0.25) is 4.57 Å². The van der Waals surface area contributed by atoms with Crippen LogP contribution in [0.25, 0.3) is 92.8 Å². The van der Waals surface area contributed by atoms with Crippen molar-refractivity contribution in [1.82, 2.24) is 19.1 Å². The van der Waals surface area contributed by atoms with Crippen molar-refractivity contribution in [2.75, 3.05) is 0 Å². The van der Waals surface area contributed by atoms with Gasteiger partial charge in [0.05, 0.1) is 33.1 Å². The van der Waals surface area contributed by atoms with Gasteiger partial charge >= 0.3 is 0 Å². The van der Waals surface area contributed by atoms with Gasteiger partial charge in [0.2, 0.25) is 5.95 Å². The van der Waals surface area contributed by atoms with Crippen molar-refractivity contribution in [3.05, 3.63) is 139 Å². The van der Waals surface area contributed by atoms with Gasteiger partial charge < -0.3 is 9.30 Å². The third kappa shape index (κ3) is 3.45. The van der Waals surface area contributed by atoms with Crippen molar-refractivity contribution in [3.63, 3.8) is 0 Å². The first-order valence-corrected chi connectivity index (χ1v) is 17.9. The van der Waals surface area contributed by atoms with E-state index in [0.29, 0.717) is 5.95 Å². The SMILES string of the molecule is C1=Cc2c(n(-c3nc4c5c(cccc5n3)Oc3ccccc3-4)c3c2ccc2c4ccccc4n(-c4ccc5c(c4)sc4ccccc45)c23)CC1. The van der Waals surface area contributed by atoms with Gasteiger partial charge in [0, 0.05) is 58.8 Å². The molecule has 10 aromatic rings. The Balaban J connectivity index is 1.24. The summed E-state index contributed by atoms with van der Waals surface area (Å²) < 4.78 is 13.8. The highest BCUT2D eigenvalue weighted by Crippen LogP contribution is 2.47. The predicted molar refractivity (Wildman–Crippen MR) is 206 cm³/mol. The van der Waals surface area contributed by atoms with Crippen molar-refractivity contribution in [2.24, 2.45) is 0 Å². The number of hydrogen-bond acceptors (Lipinski definition) is 4. The van der Waals surface area contributed by atoms with E-state index in [9.17, 15) is 0 Å². The fourth-order valence-electron chi connectivity index (χ4n) is 8.48. The summed E-state index contributed by atoms with van der Waals surface area (Å²) in [6.07, 6.45) is 6.48. The number of para-hydroxylation sites is 2. The number of allylic oxidation sites excluding steroid dienone is 1. The third-order valence-electron chi connectivity index (χ3n) is 10.6. The zero-order valence-corrected chi connectivity index (χ0v) is 27.5. The van der Waals surface area contributed by atoms with E-state index in [1.807, 2.05) is 35.6 Å². The maximum Gasteiger partial charge on any atom is 0.235 e. The second-order valence-corrected chi connectivity index (χ2v) is 14.3. The lowest BCUT2D eigenvalue weighted by molar-refractivity contribution is 0.486. The molecule has 0 amide bonds. The van der Waals surface area contributed by atoms with Gasteiger partial charge in [0.1, 0.15) is 11.5 Å². The normalized spacial score (nSPS) is 13.5. The monoisotopic (exact) mass is 658 g/mol. The molecule has 0 saturated heterocycles. The average molecular weight is 659 g/mol. The van der Waals surface area contributed by atoms with Crippen molar-refractivity contribution in [2.45, 2.75) is 12.8 Å². The maximum absolute atomic E-state index is 6.35. The van der Waals surface area contributed by atoms with Gasteiger partial charge in [0.15, 0.2) is 0 Å². The molecule has 0 spiro atoms. The molecule has 1 aliphatic heterocycles. The predicted octanol–water partition coefficient (Wildman–Crippen LogP) is 11.8. The van der Waals surface area contributed by atoms with E-state index in [1.165, 1.54) is 58.6 Å². The van der Waals surface area contributed by atoms with Gasteiger partial charge in [-0.15, -0.1) is 11.3 Å². The zero-order chi connectivity index (χ0) is 32.5. The third-order valence-corrected chi connectivity index (χ3v) is 11.7. The van der Waals surface area contributed by atoms with E-state index in [2.05, 4.69) is 118 Å². The molecule has 5 nitrogen and oxygen atoms in total. The minimum absolute atomic E-state index is 0.687. The molecule has 0 bridgehead atoms. The summed E-state index contributed by atoms with van der Waals surface area (Å²) in [5.74, 6) is 2.30. The molecule has 0 unspecified atom stereocenters. The quantitative estimate of drug-likeness (QED) is 0.186. The van der Waals surface area contributed by atoms with Crippen LogP contribution >= 0.6 is 11.3 Å². The summed E-state index contributed by atoms with van der Waals surface area (Å²) in [6, 6.07) is 43.4. The Kier molecular flexibility index (Phi) is 5.17. The molecule has 50 heavy (non-hydrogen) atoms. The van der Waals surface area contributed by atoms with Crippen LogP contribution in [0.4, 0.5) is 0 Å². The molecule has 234 valence electrons. The van der Waals surface area contributed by atoms with Crippen LogP contribution < -0.4 is 4.74 Å². The van der Waals surface area contributed by atoms with Crippen LogP contribution in [-0.4, -0.2) is 19.1 Å². The Bertz CT molecular complexity index is 3140. The number of benzene rings is 6. The van der Waals surface area contributed by atoms with Crippen LogP contribution in [0.1, 0.15) is 17.7 Å². The molecule has 0 atom stereocenters. The molecule has 5 heterocycles. The number of fused-ring (bicyclic) bond motifs is 12. The molecule has 6 aromatic carbocycles. The first kappa shape index (κ1) is 26.7. The van der Waals surface area contributed by atoms with Crippen LogP contribution in [0.3, 0.4) is 0 Å². The second kappa shape index (κ2) is 9.68. The molecule has 0 fully saturated rings. The van der Waals surface area contributed by atoms with Gasteiger partial charge in [-0.05, 0) is 61.4 Å². The fraction of sp³-hybridized carbons (Fsp3) is 0.0455. The lowest BCUT2D eigenvalue weighted by atomic mass is 10.0. The maximum atomic E-state index is 6.35. The largest absolute Gasteiger partial charge is 0.456 e. The Labute approximate surface area is 289 Å². The number of aromatic nitrogens is 4. The molecule has 0 saturated carbocycles. The van der Waals surface area contributed by atoms with Crippen LogP contribution in [0, 0.1) is 0 Å². The van der Waals surface area contributed by atoms with Crippen LogP contribution in [-0.2, 0) is 6.42 Å². The topological polar surface area (TPSA) is 44.9 Å². The van der Waals surface area contributed by atoms with E-state index >= 15 is 0 Å². The van der Waals surface area contributed by atoms with Crippen molar-refractivity contribution < 1.29 is 4.74 Å². The summed E-state index contributed by atoms with van der Waals surface area (Å²) >= 11 is 1.86. The standard InChI is InChI=1S/C44H26N4OS/c1-5-15-34-26(10-1)30-22-23-31-27-11-2-6-16-35(27)48(44-45-33-14-9-18-37-40(33)41(46-44)32-13-3-7-17-36(32)49-37)43(31)42(30)47(34)25-20-21-29-28-12-4-8-19-38(28)50-39(29)24-25/h1-5,7-15,17-24H,6,16H2. The first-order chi connectivity index (χ1) is 24.8.